The molecular formula is C19H17NO4S. The smallest absolute Gasteiger partial charge is 0.348 e. The number of thiophene rings is 1. The first-order chi connectivity index (χ1) is 12.2. The van der Waals surface area contributed by atoms with Gasteiger partial charge in [0.25, 0.3) is 5.91 Å². The van der Waals surface area contributed by atoms with Gasteiger partial charge >= 0.3 is 5.97 Å². The molecular weight excluding hydrogens is 338 g/mol. The molecule has 0 saturated carbocycles. The van der Waals surface area contributed by atoms with Gasteiger partial charge < -0.3 is 14.8 Å². The SMILES string of the molecule is CCOc1ccccc1NC(=O)COC(=O)c1cc2ccccc2s1. The summed E-state index contributed by atoms with van der Waals surface area (Å²) in [6.07, 6.45) is 0. The largest absolute Gasteiger partial charge is 0.492 e. The summed E-state index contributed by atoms with van der Waals surface area (Å²) in [5.74, 6) is -0.342. The van der Waals surface area contributed by atoms with E-state index in [1.807, 2.05) is 37.3 Å². The molecule has 1 heterocycles. The summed E-state index contributed by atoms with van der Waals surface area (Å²) >= 11 is 1.34. The van der Waals surface area contributed by atoms with Crippen molar-refractivity contribution in [1.29, 1.82) is 0 Å². The summed E-state index contributed by atoms with van der Waals surface area (Å²) < 4.78 is 11.6. The van der Waals surface area contributed by atoms with Gasteiger partial charge in [0.2, 0.25) is 0 Å². The van der Waals surface area contributed by atoms with Crippen LogP contribution in [0.1, 0.15) is 16.6 Å². The lowest BCUT2D eigenvalue weighted by Gasteiger charge is -2.11. The minimum absolute atomic E-state index is 0.354. The third kappa shape index (κ3) is 4.16. The number of fused-ring (bicyclic) bond motifs is 1. The molecule has 0 atom stereocenters. The fourth-order valence-electron chi connectivity index (χ4n) is 2.32. The third-order valence-corrected chi connectivity index (χ3v) is 4.52. The molecule has 0 unspecified atom stereocenters. The zero-order chi connectivity index (χ0) is 17.6. The number of hydrogen-bond acceptors (Lipinski definition) is 5. The van der Waals surface area contributed by atoms with Crippen molar-refractivity contribution in [2.45, 2.75) is 6.92 Å². The Labute approximate surface area is 149 Å². The van der Waals surface area contributed by atoms with E-state index in [-0.39, 0.29) is 6.61 Å². The van der Waals surface area contributed by atoms with Crippen LogP contribution >= 0.6 is 11.3 Å². The number of amides is 1. The van der Waals surface area contributed by atoms with Crippen LogP contribution in [0.15, 0.2) is 54.6 Å². The Bertz CT molecular complexity index is 870. The standard InChI is InChI=1S/C19H17NO4S/c1-2-23-15-9-5-4-8-14(15)20-18(21)12-24-19(22)17-11-13-7-3-6-10-16(13)25-17/h3-11H,2,12H2,1H3,(H,20,21). The highest BCUT2D eigenvalue weighted by molar-refractivity contribution is 7.20. The molecule has 1 aromatic heterocycles. The number of carbonyl (C=O) groups is 2. The average molecular weight is 355 g/mol. The average Bonchev–Trinajstić information content (AvgIpc) is 3.06. The molecule has 0 aliphatic carbocycles. The summed E-state index contributed by atoms with van der Waals surface area (Å²) in [6, 6.07) is 16.6. The maximum atomic E-state index is 12.1. The summed E-state index contributed by atoms with van der Waals surface area (Å²) in [4.78, 5) is 24.6. The van der Waals surface area contributed by atoms with Crippen molar-refractivity contribution in [1.82, 2.24) is 0 Å². The molecule has 0 saturated heterocycles. The number of nitrogens with one attached hydrogen (secondary N) is 1. The van der Waals surface area contributed by atoms with E-state index in [9.17, 15) is 9.59 Å². The second-order valence-corrected chi connectivity index (χ2v) is 6.29. The lowest BCUT2D eigenvalue weighted by atomic mass is 10.2. The molecule has 1 N–H and O–H groups in total. The van der Waals surface area contributed by atoms with E-state index in [2.05, 4.69) is 5.32 Å². The van der Waals surface area contributed by atoms with Crippen LogP contribution in [0.4, 0.5) is 5.69 Å². The Hall–Kier alpha value is -2.86. The van der Waals surface area contributed by atoms with Crippen LogP contribution < -0.4 is 10.1 Å². The van der Waals surface area contributed by atoms with E-state index >= 15 is 0 Å². The highest BCUT2D eigenvalue weighted by atomic mass is 32.1. The van der Waals surface area contributed by atoms with Crippen molar-refractivity contribution in [3.05, 3.63) is 59.5 Å². The van der Waals surface area contributed by atoms with Crippen molar-refractivity contribution >= 4 is 39.0 Å². The van der Waals surface area contributed by atoms with Gasteiger partial charge in [-0.05, 0) is 36.6 Å². The molecule has 0 radical (unpaired) electrons. The molecule has 5 nitrogen and oxygen atoms in total. The van der Waals surface area contributed by atoms with Crippen LogP contribution in [0.3, 0.4) is 0 Å². The Morgan fingerprint density at radius 2 is 1.84 bits per heavy atom. The van der Waals surface area contributed by atoms with Crippen molar-refractivity contribution in [3.8, 4) is 5.75 Å². The van der Waals surface area contributed by atoms with Crippen molar-refractivity contribution in [2.24, 2.45) is 0 Å². The molecule has 2 aromatic carbocycles. The maximum absolute atomic E-state index is 12.1. The van der Waals surface area contributed by atoms with E-state index < -0.39 is 11.9 Å². The predicted molar refractivity (Wildman–Crippen MR) is 98.3 cm³/mol. The quantitative estimate of drug-likeness (QED) is 0.676. The number of hydrogen-bond donors (Lipinski definition) is 1. The van der Waals surface area contributed by atoms with E-state index in [0.29, 0.717) is 22.9 Å². The van der Waals surface area contributed by atoms with Gasteiger partial charge in [-0.15, -0.1) is 11.3 Å². The highest BCUT2D eigenvalue weighted by Crippen LogP contribution is 2.26. The van der Waals surface area contributed by atoms with E-state index in [1.165, 1.54) is 11.3 Å². The normalized spacial score (nSPS) is 10.4. The van der Waals surface area contributed by atoms with E-state index in [0.717, 1.165) is 10.1 Å². The molecule has 3 rings (SSSR count). The second-order valence-electron chi connectivity index (χ2n) is 5.20. The molecule has 6 heteroatoms. The van der Waals surface area contributed by atoms with Gasteiger partial charge in [0.05, 0.1) is 12.3 Å². The Kier molecular flexibility index (Phi) is 5.30. The third-order valence-electron chi connectivity index (χ3n) is 3.42. The Morgan fingerprint density at radius 1 is 1.08 bits per heavy atom. The highest BCUT2D eigenvalue weighted by Gasteiger charge is 2.14. The summed E-state index contributed by atoms with van der Waals surface area (Å²) in [5.41, 5.74) is 0.548. The number of anilines is 1. The minimum Gasteiger partial charge on any atom is -0.492 e. The van der Waals surface area contributed by atoms with Gasteiger partial charge in [-0.1, -0.05) is 30.3 Å². The summed E-state index contributed by atoms with van der Waals surface area (Å²) in [6.45, 7) is 2.01. The number of rotatable bonds is 6. The van der Waals surface area contributed by atoms with Crippen molar-refractivity contribution in [2.75, 3.05) is 18.5 Å². The lowest BCUT2D eigenvalue weighted by molar-refractivity contribution is -0.119. The molecule has 3 aromatic rings. The fraction of sp³-hybridized carbons (Fsp3) is 0.158. The lowest BCUT2D eigenvalue weighted by Crippen LogP contribution is -2.21. The summed E-state index contributed by atoms with van der Waals surface area (Å²) in [7, 11) is 0. The first kappa shape index (κ1) is 17.0. The van der Waals surface area contributed by atoms with Gasteiger partial charge in [0.1, 0.15) is 10.6 Å². The van der Waals surface area contributed by atoms with Gasteiger partial charge in [0, 0.05) is 4.70 Å². The molecule has 0 aliphatic rings. The molecule has 0 fully saturated rings. The predicted octanol–water partition coefficient (Wildman–Crippen LogP) is 4.10. The van der Waals surface area contributed by atoms with Crippen LogP contribution in [0.25, 0.3) is 10.1 Å². The van der Waals surface area contributed by atoms with Crippen LogP contribution in [-0.4, -0.2) is 25.1 Å². The first-order valence-electron chi connectivity index (χ1n) is 7.84. The van der Waals surface area contributed by atoms with Crippen molar-refractivity contribution in [3.63, 3.8) is 0 Å². The van der Waals surface area contributed by atoms with E-state index in [4.69, 9.17) is 9.47 Å². The van der Waals surface area contributed by atoms with Crippen molar-refractivity contribution < 1.29 is 19.1 Å². The zero-order valence-corrected chi connectivity index (χ0v) is 14.5. The first-order valence-corrected chi connectivity index (χ1v) is 8.66. The van der Waals surface area contributed by atoms with Crippen LogP contribution in [-0.2, 0) is 9.53 Å². The van der Waals surface area contributed by atoms with Crippen LogP contribution in [0.2, 0.25) is 0 Å². The van der Waals surface area contributed by atoms with Gasteiger partial charge in [-0.2, -0.15) is 0 Å². The molecule has 128 valence electrons. The Balaban J connectivity index is 1.59. The molecule has 0 aliphatic heterocycles. The summed E-state index contributed by atoms with van der Waals surface area (Å²) in [5, 5.41) is 3.67. The van der Waals surface area contributed by atoms with E-state index in [1.54, 1.807) is 24.3 Å². The number of esters is 1. The monoisotopic (exact) mass is 355 g/mol. The fourth-order valence-corrected chi connectivity index (χ4v) is 3.28. The second kappa shape index (κ2) is 7.81. The Morgan fingerprint density at radius 3 is 2.64 bits per heavy atom. The number of ether oxygens (including phenoxy) is 2. The number of carbonyl (C=O) groups excluding carboxylic acids is 2. The molecule has 0 bridgehead atoms. The number of para-hydroxylation sites is 2. The zero-order valence-electron chi connectivity index (χ0n) is 13.7. The van der Waals surface area contributed by atoms with Gasteiger partial charge in [-0.25, -0.2) is 4.79 Å². The molecule has 1 amide bonds. The van der Waals surface area contributed by atoms with Gasteiger partial charge in [-0.3, -0.25) is 4.79 Å². The maximum Gasteiger partial charge on any atom is 0.348 e. The topological polar surface area (TPSA) is 64.6 Å². The van der Waals surface area contributed by atoms with Gasteiger partial charge in [0.15, 0.2) is 6.61 Å². The molecule has 0 spiro atoms. The number of benzene rings is 2. The van der Waals surface area contributed by atoms with Crippen LogP contribution in [0, 0.1) is 0 Å². The van der Waals surface area contributed by atoms with Crippen LogP contribution in [0.5, 0.6) is 5.75 Å². The molecule has 25 heavy (non-hydrogen) atoms. The minimum atomic E-state index is -0.505.